The van der Waals surface area contributed by atoms with E-state index in [1.165, 1.54) is 0 Å². The topological polar surface area (TPSA) is 151 Å². The third-order valence-corrected chi connectivity index (χ3v) is 5.48. The normalized spacial score (nSPS) is 13.1. The highest BCUT2D eigenvalue weighted by atomic mass is 31.2. The van der Waals surface area contributed by atoms with Gasteiger partial charge in [0.2, 0.25) is 0 Å². The lowest BCUT2D eigenvalue weighted by molar-refractivity contribution is 0.335. The molecule has 0 aliphatic carbocycles. The maximum atomic E-state index is 10.8. The smallest absolute Gasteiger partial charge is 0.324 e. The summed E-state index contributed by atoms with van der Waals surface area (Å²) in [6.07, 6.45) is 0.687. The van der Waals surface area contributed by atoms with E-state index in [0.29, 0.717) is 0 Å². The van der Waals surface area contributed by atoms with Gasteiger partial charge in [0.25, 0.3) is 0 Å². The summed E-state index contributed by atoms with van der Waals surface area (Å²) in [7, 11) is -9.61. The van der Waals surface area contributed by atoms with Gasteiger partial charge in [-0.3, -0.25) is 9.13 Å². The van der Waals surface area contributed by atoms with E-state index in [4.69, 9.17) is 25.0 Å². The van der Waals surface area contributed by atoms with E-state index >= 15 is 0 Å². The number of nitrogens with one attached hydrogen (secondary N) is 2. The molecule has 0 aromatic heterocycles. The van der Waals surface area contributed by atoms with Gasteiger partial charge >= 0.3 is 15.2 Å². The van der Waals surface area contributed by atoms with Crippen LogP contribution in [-0.2, 0) is 9.13 Å². The Morgan fingerprint density at radius 2 is 1.67 bits per heavy atom. The van der Waals surface area contributed by atoms with Crippen molar-refractivity contribution >= 4 is 21.4 Å². The van der Waals surface area contributed by atoms with Gasteiger partial charge in [-0.05, 0) is 13.0 Å². The van der Waals surface area contributed by atoms with Crippen LogP contribution < -0.4 is 5.32 Å². The molecule has 0 aliphatic heterocycles. The molecule has 0 aromatic rings. The molecule has 0 saturated heterocycles. The molecule has 0 aromatic carbocycles. The van der Waals surface area contributed by atoms with E-state index in [9.17, 15) is 9.13 Å². The molecule has 0 spiro atoms. The Balaban J connectivity index is 4.36. The predicted octanol–water partition coefficient (Wildman–Crippen LogP) is -0.703. The van der Waals surface area contributed by atoms with Crippen molar-refractivity contribution in [3.8, 4) is 0 Å². The Morgan fingerprint density at radius 3 is 2.00 bits per heavy atom. The summed E-state index contributed by atoms with van der Waals surface area (Å²) in [4.78, 5) is 34.9. The highest BCUT2D eigenvalue weighted by molar-refractivity contribution is 7.70. The number of rotatable bonds is 7. The van der Waals surface area contributed by atoms with Crippen LogP contribution in [0.4, 0.5) is 0 Å². The Hall–Kier alpha value is -0.0700. The first-order valence-corrected chi connectivity index (χ1v) is 7.36. The van der Waals surface area contributed by atoms with Crippen molar-refractivity contribution in [3.63, 3.8) is 0 Å². The fraction of sp³-hybridized carbons (Fsp3) is 0.800. The van der Waals surface area contributed by atoms with Gasteiger partial charge in [-0.15, -0.1) is 0 Å². The van der Waals surface area contributed by atoms with Crippen LogP contribution in [0, 0.1) is 5.41 Å². The minimum absolute atomic E-state index is 0.0241. The Labute approximate surface area is 86.5 Å². The van der Waals surface area contributed by atoms with Gasteiger partial charge < -0.3 is 30.3 Å². The summed E-state index contributed by atoms with van der Waals surface area (Å²) in [5.41, 5.74) is 0. The molecule has 0 unspecified atom stereocenters. The van der Waals surface area contributed by atoms with E-state index < -0.39 is 20.6 Å². The largest absolute Gasteiger partial charge is 0.340 e. The van der Waals surface area contributed by atoms with E-state index in [-0.39, 0.29) is 19.5 Å². The van der Waals surface area contributed by atoms with Crippen molar-refractivity contribution < 1.29 is 28.7 Å². The monoisotopic (exact) mass is 260 g/mol. The minimum atomic E-state index is -4.81. The van der Waals surface area contributed by atoms with Crippen LogP contribution in [0.25, 0.3) is 0 Å². The van der Waals surface area contributed by atoms with Crippen LogP contribution in [0.15, 0.2) is 0 Å². The highest BCUT2D eigenvalue weighted by Gasteiger charge is 2.42. The lowest BCUT2D eigenvalue weighted by Gasteiger charge is -2.19. The SMILES string of the molecule is N=CCNCCC(P(=O)(O)O)P(=O)(O)O. The molecule has 6 N–H and O–H groups in total. The molecule has 8 nitrogen and oxygen atoms in total. The summed E-state index contributed by atoms with van der Waals surface area (Å²) in [5, 5.41) is 7.25. The van der Waals surface area contributed by atoms with Gasteiger partial charge in [0.05, 0.1) is 0 Å². The first kappa shape index (κ1) is 14.9. The molecule has 10 heteroatoms. The summed E-state index contributed by atoms with van der Waals surface area (Å²) >= 11 is 0. The molecule has 0 saturated carbocycles. The zero-order valence-corrected chi connectivity index (χ0v) is 9.56. The second-order valence-corrected chi connectivity index (χ2v) is 6.87. The molecule has 0 aliphatic rings. The van der Waals surface area contributed by atoms with Gasteiger partial charge in [-0.2, -0.15) is 0 Å². The minimum Gasteiger partial charge on any atom is -0.324 e. The summed E-state index contributed by atoms with van der Waals surface area (Å²) < 4.78 is 21.5. The van der Waals surface area contributed by atoms with Crippen LogP contribution in [-0.4, -0.2) is 44.3 Å². The zero-order valence-electron chi connectivity index (χ0n) is 7.78. The second-order valence-electron chi connectivity index (χ2n) is 2.86. The van der Waals surface area contributed by atoms with E-state index in [1.54, 1.807) is 0 Å². The fourth-order valence-corrected chi connectivity index (χ4v) is 3.44. The molecule has 0 atom stereocenters. The van der Waals surface area contributed by atoms with Crippen LogP contribution in [0.5, 0.6) is 0 Å². The first-order valence-electron chi connectivity index (χ1n) is 3.99. The Morgan fingerprint density at radius 1 is 1.20 bits per heavy atom. The molecule has 0 rings (SSSR count). The molecule has 0 fully saturated rings. The molecular weight excluding hydrogens is 246 g/mol. The predicted molar refractivity (Wildman–Crippen MR) is 54.1 cm³/mol. The Bertz CT molecular complexity index is 274. The van der Waals surface area contributed by atoms with Gasteiger partial charge in [0, 0.05) is 12.8 Å². The summed E-state index contributed by atoms with van der Waals surface area (Å²) in [5.74, 6) is 0. The first-order chi connectivity index (χ1) is 6.69. The van der Waals surface area contributed by atoms with Crippen LogP contribution in [0.1, 0.15) is 6.42 Å². The van der Waals surface area contributed by atoms with E-state index in [2.05, 4.69) is 5.32 Å². The van der Waals surface area contributed by atoms with Crippen LogP contribution in [0.3, 0.4) is 0 Å². The summed E-state index contributed by atoms with van der Waals surface area (Å²) in [6.45, 7) is 0.214. The molecule has 0 radical (unpaired) electrons. The van der Waals surface area contributed by atoms with Crippen LogP contribution in [0.2, 0.25) is 0 Å². The van der Waals surface area contributed by atoms with Gasteiger partial charge in [-0.1, -0.05) is 0 Å². The maximum Gasteiger partial charge on any atom is 0.340 e. The highest BCUT2D eigenvalue weighted by Crippen LogP contribution is 2.61. The molecule has 0 amide bonds. The third kappa shape index (κ3) is 6.17. The van der Waals surface area contributed by atoms with Gasteiger partial charge in [0.15, 0.2) is 5.40 Å². The van der Waals surface area contributed by atoms with Crippen molar-refractivity contribution in [1.82, 2.24) is 5.32 Å². The standard InChI is InChI=1S/C5H14N2O6P2/c6-2-4-7-3-1-5(14(8,9)10)15(11,12)13/h2,5-7H,1,3-4H2,(H2,8,9,10)(H2,11,12,13). The Kier molecular flexibility index (Phi) is 5.84. The third-order valence-electron chi connectivity index (χ3n) is 1.60. The molecular formula is C5H14N2O6P2. The number of hydrogen-bond donors (Lipinski definition) is 6. The van der Waals surface area contributed by atoms with Crippen LogP contribution >= 0.6 is 15.2 Å². The van der Waals surface area contributed by atoms with Crippen molar-refractivity contribution in [1.29, 1.82) is 5.41 Å². The lowest BCUT2D eigenvalue weighted by atomic mass is 10.5. The van der Waals surface area contributed by atoms with Crippen molar-refractivity contribution in [2.24, 2.45) is 0 Å². The van der Waals surface area contributed by atoms with Crippen molar-refractivity contribution in [2.75, 3.05) is 13.1 Å². The van der Waals surface area contributed by atoms with E-state index in [1.807, 2.05) is 0 Å². The fourth-order valence-electron chi connectivity index (χ4n) is 0.938. The average molecular weight is 260 g/mol. The number of hydrogen-bond acceptors (Lipinski definition) is 4. The summed E-state index contributed by atoms with van der Waals surface area (Å²) in [6, 6.07) is 0. The van der Waals surface area contributed by atoms with Crippen molar-refractivity contribution in [3.05, 3.63) is 0 Å². The second kappa shape index (κ2) is 5.86. The quantitative estimate of drug-likeness (QED) is 0.201. The van der Waals surface area contributed by atoms with Gasteiger partial charge in [0.1, 0.15) is 0 Å². The molecule has 15 heavy (non-hydrogen) atoms. The van der Waals surface area contributed by atoms with E-state index in [0.717, 1.165) is 6.21 Å². The molecule has 0 bridgehead atoms. The molecule has 0 heterocycles. The lowest BCUT2D eigenvalue weighted by Crippen LogP contribution is -2.22. The molecule has 90 valence electrons. The maximum absolute atomic E-state index is 10.8. The zero-order chi connectivity index (χ0) is 12.1. The van der Waals surface area contributed by atoms with Gasteiger partial charge in [-0.25, -0.2) is 0 Å². The van der Waals surface area contributed by atoms with Crippen molar-refractivity contribution in [2.45, 2.75) is 11.8 Å². The average Bonchev–Trinajstić information content (AvgIpc) is 1.99.